The van der Waals surface area contributed by atoms with Crippen molar-refractivity contribution in [3.8, 4) is 5.69 Å². The van der Waals surface area contributed by atoms with Crippen LogP contribution >= 0.6 is 0 Å². The van der Waals surface area contributed by atoms with Gasteiger partial charge in [0.1, 0.15) is 23.5 Å². The molecule has 0 bridgehead atoms. The number of carbonyl (C=O) groups is 2. The Morgan fingerprint density at radius 1 is 1.13 bits per heavy atom. The highest BCUT2D eigenvalue weighted by molar-refractivity contribution is 6.00. The maximum absolute atomic E-state index is 13.2. The minimum Gasteiger partial charge on any atom is -0.462 e. The Balaban J connectivity index is 1.92. The van der Waals surface area contributed by atoms with Crippen LogP contribution in [0.3, 0.4) is 0 Å². The molecule has 164 valence electrons. The quantitative estimate of drug-likeness (QED) is 0.426. The van der Waals surface area contributed by atoms with Gasteiger partial charge in [-0.1, -0.05) is 18.2 Å². The number of esters is 1. The lowest BCUT2D eigenvalue weighted by molar-refractivity contribution is -0.117. The summed E-state index contributed by atoms with van der Waals surface area (Å²) in [6.07, 6.45) is -5.00. The van der Waals surface area contributed by atoms with Crippen molar-refractivity contribution in [3.63, 3.8) is 0 Å². The van der Waals surface area contributed by atoms with Gasteiger partial charge >= 0.3 is 5.97 Å². The van der Waals surface area contributed by atoms with Crippen LogP contribution in [-0.2, 0) is 16.1 Å². The molecule has 8 nitrogen and oxygen atoms in total. The van der Waals surface area contributed by atoms with Crippen LogP contribution in [0.2, 0.25) is 0 Å². The Labute approximate surface area is 173 Å². The standard InChI is InChI=1S/C19H17F4N5O3/c1-2-31-19(30)12-9-24-28(11-6-4-3-5-7-11)18(12)25-15(29)10-27-14(17(22)23)8-13(26-27)16(20)21/h3-9,16-17H,2,10H2,1H3,(H,25,29). The number of ether oxygens (including phenoxy) is 1. The maximum atomic E-state index is 13.2. The van der Waals surface area contributed by atoms with Crippen LogP contribution in [0, 0.1) is 0 Å². The number of benzene rings is 1. The van der Waals surface area contributed by atoms with E-state index in [1.165, 1.54) is 10.9 Å². The largest absolute Gasteiger partial charge is 0.462 e. The van der Waals surface area contributed by atoms with E-state index in [1.807, 2.05) is 0 Å². The minimum absolute atomic E-state index is 0.0607. The number of para-hydroxylation sites is 1. The number of halogens is 4. The van der Waals surface area contributed by atoms with Gasteiger partial charge in [0, 0.05) is 0 Å². The smallest absolute Gasteiger partial charge is 0.343 e. The van der Waals surface area contributed by atoms with E-state index in [4.69, 9.17) is 4.74 Å². The summed E-state index contributed by atoms with van der Waals surface area (Å²) in [6.45, 7) is 0.890. The maximum Gasteiger partial charge on any atom is 0.343 e. The molecule has 3 aromatic rings. The van der Waals surface area contributed by atoms with Gasteiger partial charge in [-0.05, 0) is 25.1 Å². The molecule has 3 rings (SSSR count). The normalized spacial score (nSPS) is 11.2. The second kappa shape index (κ2) is 9.41. The highest BCUT2D eigenvalue weighted by Gasteiger charge is 2.25. The van der Waals surface area contributed by atoms with Crippen molar-refractivity contribution in [2.24, 2.45) is 0 Å². The van der Waals surface area contributed by atoms with E-state index in [9.17, 15) is 27.2 Å². The van der Waals surface area contributed by atoms with Gasteiger partial charge in [-0.2, -0.15) is 10.2 Å². The van der Waals surface area contributed by atoms with Crippen LogP contribution in [0.15, 0.2) is 42.6 Å². The monoisotopic (exact) mass is 439 g/mol. The van der Waals surface area contributed by atoms with E-state index in [0.29, 0.717) is 16.4 Å². The molecular formula is C19H17F4N5O3. The topological polar surface area (TPSA) is 91.0 Å². The molecule has 1 N–H and O–H groups in total. The molecule has 0 fully saturated rings. The first-order chi connectivity index (χ1) is 14.8. The predicted octanol–water partition coefficient (Wildman–Crippen LogP) is 3.76. The molecule has 0 unspecified atom stereocenters. The third kappa shape index (κ3) is 4.90. The van der Waals surface area contributed by atoms with Gasteiger partial charge in [0.2, 0.25) is 5.91 Å². The van der Waals surface area contributed by atoms with Crippen molar-refractivity contribution in [2.45, 2.75) is 26.3 Å². The highest BCUT2D eigenvalue weighted by atomic mass is 19.3. The summed E-state index contributed by atoms with van der Waals surface area (Å²) in [5.41, 5.74) is -1.26. The molecule has 1 amide bonds. The van der Waals surface area contributed by atoms with Gasteiger partial charge in [-0.25, -0.2) is 27.0 Å². The average molecular weight is 439 g/mol. The molecule has 0 saturated carbocycles. The molecule has 2 heterocycles. The molecule has 0 atom stereocenters. The van der Waals surface area contributed by atoms with Crippen molar-refractivity contribution in [1.82, 2.24) is 19.6 Å². The number of amides is 1. The van der Waals surface area contributed by atoms with Crippen LogP contribution in [0.5, 0.6) is 0 Å². The molecule has 0 spiro atoms. The second-order valence-electron chi connectivity index (χ2n) is 6.18. The lowest BCUT2D eigenvalue weighted by Crippen LogP contribution is -2.24. The van der Waals surface area contributed by atoms with Crippen molar-refractivity contribution < 1.29 is 31.9 Å². The van der Waals surface area contributed by atoms with Gasteiger partial charge in [0.05, 0.1) is 18.5 Å². The molecule has 0 saturated heterocycles. The van der Waals surface area contributed by atoms with Crippen molar-refractivity contribution in [1.29, 1.82) is 0 Å². The van der Waals surface area contributed by atoms with Crippen molar-refractivity contribution >= 4 is 17.7 Å². The van der Waals surface area contributed by atoms with Crippen LogP contribution < -0.4 is 5.32 Å². The molecule has 0 radical (unpaired) electrons. The summed E-state index contributed by atoms with van der Waals surface area (Å²) >= 11 is 0. The minimum atomic E-state index is -3.11. The zero-order chi connectivity index (χ0) is 22.5. The van der Waals surface area contributed by atoms with Crippen LogP contribution in [0.1, 0.15) is 41.5 Å². The third-order valence-corrected chi connectivity index (χ3v) is 4.09. The Morgan fingerprint density at radius 2 is 1.84 bits per heavy atom. The molecule has 31 heavy (non-hydrogen) atoms. The van der Waals surface area contributed by atoms with E-state index in [0.717, 1.165) is 0 Å². The van der Waals surface area contributed by atoms with Gasteiger partial charge in [-0.15, -0.1) is 0 Å². The first-order valence-electron chi connectivity index (χ1n) is 9.06. The van der Waals surface area contributed by atoms with Crippen LogP contribution in [-0.4, -0.2) is 38.0 Å². The Bertz CT molecular complexity index is 1070. The Kier molecular flexibility index (Phi) is 6.68. The number of hydrogen-bond donors (Lipinski definition) is 1. The number of hydrogen-bond acceptors (Lipinski definition) is 5. The van der Waals surface area contributed by atoms with Crippen molar-refractivity contribution in [2.75, 3.05) is 11.9 Å². The predicted molar refractivity (Wildman–Crippen MR) is 100 cm³/mol. The van der Waals surface area contributed by atoms with E-state index in [2.05, 4.69) is 15.5 Å². The first kappa shape index (κ1) is 22.0. The van der Waals surface area contributed by atoms with Crippen molar-refractivity contribution in [3.05, 3.63) is 59.5 Å². The molecule has 0 aliphatic rings. The van der Waals surface area contributed by atoms with E-state index < -0.39 is 42.7 Å². The van der Waals surface area contributed by atoms with Gasteiger partial charge in [-0.3, -0.25) is 9.48 Å². The SMILES string of the molecule is CCOC(=O)c1cnn(-c2ccccc2)c1NC(=O)Cn1nc(C(F)F)cc1C(F)F. The molecular weight excluding hydrogens is 422 g/mol. The molecule has 12 heteroatoms. The summed E-state index contributed by atoms with van der Waals surface area (Å²) in [4.78, 5) is 24.8. The molecule has 2 aromatic heterocycles. The molecule has 1 aromatic carbocycles. The number of alkyl halides is 4. The summed E-state index contributed by atoms with van der Waals surface area (Å²) in [5, 5.41) is 9.88. The fourth-order valence-corrected chi connectivity index (χ4v) is 2.76. The number of nitrogens with zero attached hydrogens (tertiary/aromatic N) is 4. The Morgan fingerprint density at radius 3 is 2.45 bits per heavy atom. The number of aromatic nitrogens is 4. The lowest BCUT2D eigenvalue weighted by atomic mass is 10.3. The number of anilines is 1. The second-order valence-corrected chi connectivity index (χ2v) is 6.18. The van der Waals surface area contributed by atoms with Crippen LogP contribution in [0.25, 0.3) is 5.69 Å². The number of rotatable bonds is 8. The van der Waals surface area contributed by atoms with Gasteiger partial charge in [0.25, 0.3) is 12.9 Å². The highest BCUT2D eigenvalue weighted by Crippen LogP contribution is 2.26. The first-order valence-corrected chi connectivity index (χ1v) is 9.06. The van der Waals surface area contributed by atoms with Gasteiger partial charge in [0.15, 0.2) is 5.82 Å². The number of nitrogens with one attached hydrogen (secondary N) is 1. The number of carbonyl (C=O) groups excluding carboxylic acids is 2. The molecule has 0 aliphatic heterocycles. The fourth-order valence-electron chi connectivity index (χ4n) is 2.76. The van der Waals surface area contributed by atoms with Gasteiger partial charge < -0.3 is 10.1 Å². The zero-order valence-electron chi connectivity index (χ0n) is 16.1. The van der Waals surface area contributed by atoms with E-state index >= 15 is 0 Å². The average Bonchev–Trinajstić information content (AvgIpc) is 3.33. The Hall–Kier alpha value is -3.70. The summed E-state index contributed by atoms with van der Waals surface area (Å²) in [7, 11) is 0. The molecule has 0 aliphatic carbocycles. The van der Waals surface area contributed by atoms with E-state index in [-0.39, 0.29) is 18.0 Å². The van der Waals surface area contributed by atoms with E-state index in [1.54, 1.807) is 37.3 Å². The summed E-state index contributed by atoms with van der Waals surface area (Å²) in [5.74, 6) is -1.70. The fraction of sp³-hybridized carbons (Fsp3) is 0.263. The van der Waals surface area contributed by atoms with Crippen LogP contribution in [0.4, 0.5) is 23.4 Å². The third-order valence-electron chi connectivity index (χ3n) is 4.09. The lowest BCUT2D eigenvalue weighted by Gasteiger charge is -2.12. The zero-order valence-corrected chi connectivity index (χ0v) is 16.1. The summed E-state index contributed by atoms with van der Waals surface area (Å²) in [6, 6.07) is 9.03. The summed E-state index contributed by atoms with van der Waals surface area (Å²) < 4.78 is 58.7.